The topological polar surface area (TPSA) is 61.4 Å². The highest BCUT2D eigenvalue weighted by Gasteiger charge is 2.21. The Hall–Kier alpha value is -2.40. The lowest BCUT2D eigenvalue weighted by Crippen LogP contribution is -2.31. The molecule has 1 aliphatic heterocycles. The number of nitrogens with zero attached hydrogens (tertiary/aromatic N) is 1. The van der Waals surface area contributed by atoms with Gasteiger partial charge in [-0.25, -0.2) is 0 Å². The van der Waals surface area contributed by atoms with Crippen LogP contribution in [0.3, 0.4) is 0 Å². The zero-order chi connectivity index (χ0) is 20.8. The number of carbonyl (C=O) groups excluding carboxylic acids is 2. The maximum absolute atomic E-state index is 12.0. The van der Waals surface area contributed by atoms with E-state index in [0.717, 1.165) is 41.6 Å². The molecule has 1 amide bonds. The minimum atomic E-state index is 0.0879. The third-order valence-electron chi connectivity index (χ3n) is 5.67. The van der Waals surface area contributed by atoms with Crippen LogP contribution in [0.2, 0.25) is 0 Å². The molecule has 0 saturated heterocycles. The van der Waals surface area contributed by atoms with Crippen molar-refractivity contribution in [3.05, 3.63) is 46.7 Å². The van der Waals surface area contributed by atoms with E-state index in [9.17, 15) is 9.59 Å². The molecule has 5 nitrogen and oxygen atoms in total. The normalized spacial score (nSPS) is 18.2. The van der Waals surface area contributed by atoms with Crippen LogP contribution in [0.15, 0.2) is 30.0 Å². The Morgan fingerprint density at radius 1 is 1.21 bits per heavy atom. The maximum atomic E-state index is 12.0. The minimum absolute atomic E-state index is 0.0879. The molecule has 2 N–H and O–H groups in total. The molecule has 3 rings (SSSR count). The molecule has 1 fully saturated rings. The zero-order valence-electron chi connectivity index (χ0n) is 17.9. The average Bonchev–Trinajstić information content (AvgIpc) is 2.71. The molecule has 1 heterocycles. The number of hydrogen-bond donors (Lipinski definition) is 2. The number of benzene rings is 1. The minimum Gasteiger partial charge on any atom is -0.383 e. The largest absolute Gasteiger partial charge is 0.383 e. The van der Waals surface area contributed by atoms with E-state index in [0.29, 0.717) is 18.0 Å². The van der Waals surface area contributed by atoms with Gasteiger partial charge in [-0.1, -0.05) is 19.3 Å². The van der Waals surface area contributed by atoms with Gasteiger partial charge in [0.05, 0.1) is 0 Å². The summed E-state index contributed by atoms with van der Waals surface area (Å²) in [6.07, 6.45) is 12.5. The Kier molecular flexibility index (Phi) is 7.26. The molecule has 156 valence electrons. The van der Waals surface area contributed by atoms with Crippen LogP contribution in [0.4, 0.5) is 5.69 Å². The van der Waals surface area contributed by atoms with Crippen LogP contribution < -0.4 is 10.6 Å². The smallest absolute Gasteiger partial charge is 0.224 e. The molecule has 5 heteroatoms. The predicted octanol–water partition coefficient (Wildman–Crippen LogP) is 4.04. The first-order chi connectivity index (χ1) is 14.0. The number of hydrogen-bond acceptors (Lipinski definition) is 4. The Bertz CT molecular complexity index is 818. The molecule has 1 aromatic rings. The first-order valence-electron chi connectivity index (χ1n) is 10.7. The van der Waals surface area contributed by atoms with E-state index in [4.69, 9.17) is 0 Å². The summed E-state index contributed by atoms with van der Waals surface area (Å²) in [5.41, 5.74) is 6.02. The van der Waals surface area contributed by atoms with Crippen LogP contribution in [-0.2, 0) is 22.6 Å². The zero-order valence-corrected chi connectivity index (χ0v) is 17.9. The molecule has 1 saturated carbocycles. The number of anilines is 1. The monoisotopic (exact) mass is 395 g/mol. The Labute approximate surface area is 174 Å². The summed E-state index contributed by atoms with van der Waals surface area (Å²) < 4.78 is 0. The average molecular weight is 396 g/mol. The van der Waals surface area contributed by atoms with Gasteiger partial charge in [0, 0.05) is 45.0 Å². The number of fused-ring (bicyclic) bond motifs is 1. The van der Waals surface area contributed by atoms with Gasteiger partial charge in [-0.15, -0.1) is 0 Å². The fraction of sp³-hybridized carbons (Fsp3) is 0.500. The molecule has 0 unspecified atom stereocenters. The lowest BCUT2D eigenvalue weighted by atomic mass is 9.91. The highest BCUT2D eigenvalue weighted by Crippen LogP contribution is 2.32. The van der Waals surface area contributed by atoms with E-state index in [1.54, 1.807) is 0 Å². The summed E-state index contributed by atoms with van der Waals surface area (Å²) in [6.45, 7) is 2.56. The van der Waals surface area contributed by atoms with Gasteiger partial charge in [0.15, 0.2) is 0 Å². The summed E-state index contributed by atoms with van der Waals surface area (Å²) >= 11 is 0. The quantitative estimate of drug-likeness (QED) is 0.416. The summed E-state index contributed by atoms with van der Waals surface area (Å²) in [7, 11) is 3.96. The Balaban J connectivity index is 1.96. The van der Waals surface area contributed by atoms with Gasteiger partial charge in [0.1, 0.15) is 6.29 Å². The molecule has 1 aliphatic carbocycles. The molecule has 0 atom stereocenters. The van der Waals surface area contributed by atoms with Crippen molar-refractivity contribution in [2.45, 2.75) is 64.5 Å². The van der Waals surface area contributed by atoms with Crippen molar-refractivity contribution < 1.29 is 9.59 Å². The highest BCUT2D eigenvalue weighted by atomic mass is 16.1. The highest BCUT2D eigenvalue weighted by molar-refractivity contribution is 5.95. The SMILES string of the molecule is C/C(C=O)=C/C(=C\N(C)C)c1cc2c(c(CNC3CCCCC3)c1)NC(=O)CC2. The van der Waals surface area contributed by atoms with E-state index in [1.165, 1.54) is 37.7 Å². The van der Waals surface area contributed by atoms with Crippen molar-refractivity contribution in [1.29, 1.82) is 0 Å². The van der Waals surface area contributed by atoms with Crippen LogP contribution >= 0.6 is 0 Å². The molecular formula is C24H33N3O2. The molecule has 0 aromatic heterocycles. The van der Waals surface area contributed by atoms with Crippen molar-refractivity contribution >= 4 is 23.5 Å². The summed E-state index contributed by atoms with van der Waals surface area (Å²) in [5, 5.41) is 6.80. The van der Waals surface area contributed by atoms with Gasteiger partial charge < -0.3 is 15.5 Å². The van der Waals surface area contributed by atoms with Crippen LogP contribution in [0.5, 0.6) is 0 Å². The third-order valence-corrected chi connectivity index (χ3v) is 5.67. The summed E-state index contributed by atoms with van der Waals surface area (Å²) in [4.78, 5) is 25.2. The molecule has 2 aliphatic rings. The van der Waals surface area contributed by atoms with Gasteiger partial charge in [-0.05, 0) is 72.2 Å². The van der Waals surface area contributed by atoms with Crippen molar-refractivity contribution in [2.75, 3.05) is 19.4 Å². The van der Waals surface area contributed by atoms with Crippen molar-refractivity contribution in [2.24, 2.45) is 0 Å². The van der Waals surface area contributed by atoms with Gasteiger partial charge in [-0.2, -0.15) is 0 Å². The number of amides is 1. The maximum Gasteiger partial charge on any atom is 0.224 e. The number of rotatable bonds is 7. The molecule has 0 spiro atoms. The second kappa shape index (κ2) is 9.88. The number of aldehydes is 1. The van der Waals surface area contributed by atoms with Crippen LogP contribution in [0.25, 0.3) is 5.57 Å². The van der Waals surface area contributed by atoms with Gasteiger partial charge in [-0.3, -0.25) is 9.59 Å². The second-order valence-electron chi connectivity index (χ2n) is 8.49. The molecule has 0 radical (unpaired) electrons. The molecular weight excluding hydrogens is 362 g/mol. The van der Waals surface area contributed by atoms with E-state index >= 15 is 0 Å². The molecule has 0 bridgehead atoms. The lowest BCUT2D eigenvalue weighted by molar-refractivity contribution is -0.116. The number of nitrogens with one attached hydrogen (secondary N) is 2. The molecule has 29 heavy (non-hydrogen) atoms. The first-order valence-corrected chi connectivity index (χ1v) is 10.7. The van der Waals surface area contributed by atoms with Gasteiger partial charge in [0.25, 0.3) is 0 Å². The van der Waals surface area contributed by atoms with Gasteiger partial charge in [0.2, 0.25) is 5.91 Å². The predicted molar refractivity (Wildman–Crippen MR) is 119 cm³/mol. The van der Waals surface area contributed by atoms with E-state index < -0.39 is 0 Å². The second-order valence-corrected chi connectivity index (χ2v) is 8.49. The number of allylic oxidation sites excluding steroid dienone is 3. The lowest BCUT2D eigenvalue weighted by Gasteiger charge is -2.26. The number of carbonyl (C=O) groups is 2. The summed E-state index contributed by atoms with van der Waals surface area (Å²) in [5.74, 6) is 0.0879. The van der Waals surface area contributed by atoms with Crippen LogP contribution in [0, 0.1) is 0 Å². The number of aryl methyl sites for hydroxylation is 1. The van der Waals surface area contributed by atoms with E-state index in [1.807, 2.05) is 38.2 Å². The van der Waals surface area contributed by atoms with Crippen molar-refractivity contribution in [3.8, 4) is 0 Å². The molecule has 1 aromatic carbocycles. The van der Waals surface area contributed by atoms with Crippen molar-refractivity contribution in [1.82, 2.24) is 10.2 Å². The fourth-order valence-corrected chi connectivity index (χ4v) is 4.20. The van der Waals surface area contributed by atoms with Crippen LogP contribution in [0.1, 0.15) is 62.1 Å². The Morgan fingerprint density at radius 2 is 1.97 bits per heavy atom. The van der Waals surface area contributed by atoms with E-state index in [-0.39, 0.29) is 5.91 Å². The summed E-state index contributed by atoms with van der Waals surface area (Å²) in [6, 6.07) is 4.86. The van der Waals surface area contributed by atoms with Crippen molar-refractivity contribution in [3.63, 3.8) is 0 Å². The Morgan fingerprint density at radius 3 is 2.66 bits per heavy atom. The van der Waals surface area contributed by atoms with Gasteiger partial charge >= 0.3 is 0 Å². The fourth-order valence-electron chi connectivity index (χ4n) is 4.20. The third kappa shape index (κ3) is 5.80. The van der Waals surface area contributed by atoms with E-state index in [2.05, 4.69) is 22.8 Å². The standard InChI is InChI=1S/C24H33N3O2/c1-17(16-28)11-21(15-27(2)3)19-12-18-9-10-23(29)26-24(18)20(13-19)14-25-22-7-5-4-6-8-22/h11-13,15-16,22,25H,4-10,14H2,1-3H3,(H,26,29)/b17-11-,21-15+. The van der Waals surface area contributed by atoms with Crippen LogP contribution in [-0.4, -0.2) is 37.2 Å². The first kappa shape index (κ1) is 21.3.